The van der Waals surface area contributed by atoms with Crippen molar-refractivity contribution in [3.05, 3.63) is 95.0 Å². The predicted molar refractivity (Wildman–Crippen MR) is 114 cm³/mol. The fraction of sp³-hybridized carbons (Fsp3) is 0.130. The van der Waals surface area contributed by atoms with Crippen LogP contribution < -0.4 is 10.6 Å². The molecule has 1 amide bonds. The van der Waals surface area contributed by atoms with Crippen LogP contribution in [0, 0.1) is 0 Å². The molecule has 0 aromatic heterocycles. The second-order valence-corrected chi connectivity index (χ2v) is 6.78. The number of hydrogen-bond donors (Lipinski definition) is 2. The lowest BCUT2D eigenvalue weighted by Crippen LogP contribution is -2.13. The van der Waals surface area contributed by atoms with Crippen LogP contribution >= 0.6 is 11.6 Å². The molecule has 0 atom stereocenters. The smallest absolute Gasteiger partial charge is 0.224 e. The first kappa shape index (κ1) is 19.6. The minimum Gasteiger partial charge on any atom is -0.380 e. The standard InChI is InChI=1S/C23H21ClN2O2/c24-20-15-19(11-12-21(20)25-16-17-7-3-1-4-8-17)26-23(28)14-13-22(27)18-9-5-2-6-10-18/h1-12,15,25H,13-14,16H2,(H,26,28). The number of amides is 1. The van der Waals surface area contributed by atoms with E-state index in [1.165, 1.54) is 0 Å². The lowest BCUT2D eigenvalue weighted by molar-refractivity contribution is -0.116. The topological polar surface area (TPSA) is 58.2 Å². The SMILES string of the molecule is O=C(CCC(=O)c1ccccc1)Nc1ccc(NCc2ccccc2)c(Cl)c1. The molecule has 0 heterocycles. The van der Waals surface area contributed by atoms with Gasteiger partial charge in [-0.3, -0.25) is 9.59 Å². The fourth-order valence-corrected chi connectivity index (χ4v) is 3.00. The van der Waals surface area contributed by atoms with Gasteiger partial charge >= 0.3 is 0 Å². The zero-order chi connectivity index (χ0) is 19.8. The van der Waals surface area contributed by atoms with Crippen molar-refractivity contribution in [3.63, 3.8) is 0 Å². The number of carbonyl (C=O) groups is 2. The van der Waals surface area contributed by atoms with Gasteiger partial charge in [0.15, 0.2) is 5.78 Å². The van der Waals surface area contributed by atoms with Gasteiger partial charge in [-0.05, 0) is 23.8 Å². The van der Waals surface area contributed by atoms with Crippen LogP contribution in [0.5, 0.6) is 0 Å². The molecule has 4 nitrogen and oxygen atoms in total. The molecule has 0 aliphatic rings. The molecule has 142 valence electrons. The van der Waals surface area contributed by atoms with Crippen LogP contribution in [0.2, 0.25) is 5.02 Å². The number of rotatable bonds is 8. The highest BCUT2D eigenvalue weighted by Gasteiger charge is 2.10. The Hall–Kier alpha value is -3.11. The summed E-state index contributed by atoms with van der Waals surface area (Å²) in [5.41, 5.74) is 3.17. The van der Waals surface area contributed by atoms with Crippen molar-refractivity contribution in [2.75, 3.05) is 10.6 Å². The lowest BCUT2D eigenvalue weighted by Gasteiger charge is -2.11. The van der Waals surface area contributed by atoms with Gasteiger partial charge in [-0.2, -0.15) is 0 Å². The van der Waals surface area contributed by atoms with Crippen LogP contribution in [-0.2, 0) is 11.3 Å². The van der Waals surface area contributed by atoms with Crippen LogP contribution in [0.15, 0.2) is 78.9 Å². The third kappa shape index (κ3) is 5.69. The Kier molecular flexibility index (Phi) is 6.82. The molecule has 3 aromatic carbocycles. The zero-order valence-corrected chi connectivity index (χ0v) is 16.1. The van der Waals surface area contributed by atoms with Gasteiger partial charge in [-0.25, -0.2) is 0 Å². The average Bonchev–Trinajstić information content (AvgIpc) is 2.73. The average molecular weight is 393 g/mol. The van der Waals surface area contributed by atoms with E-state index < -0.39 is 0 Å². The maximum Gasteiger partial charge on any atom is 0.224 e. The normalized spacial score (nSPS) is 10.3. The molecular weight excluding hydrogens is 372 g/mol. The molecule has 0 saturated carbocycles. The van der Waals surface area contributed by atoms with E-state index in [0.29, 0.717) is 22.8 Å². The van der Waals surface area contributed by atoms with E-state index in [4.69, 9.17) is 11.6 Å². The van der Waals surface area contributed by atoms with Crippen LogP contribution in [0.25, 0.3) is 0 Å². The molecule has 2 N–H and O–H groups in total. The Bertz CT molecular complexity index is 943. The maximum atomic E-state index is 12.1. The predicted octanol–water partition coefficient (Wildman–Crippen LogP) is 5.55. The molecule has 28 heavy (non-hydrogen) atoms. The second-order valence-electron chi connectivity index (χ2n) is 6.37. The highest BCUT2D eigenvalue weighted by Crippen LogP contribution is 2.26. The van der Waals surface area contributed by atoms with Gasteiger partial charge in [0, 0.05) is 30.6 Å². The summed E-state index contributed by atoms with van der Waals surface area (Å²) < 4.78 is 0. The van der Waals surface area contributed by atoms with E-state index in [9.17, 15) is 9.59 Å². The summed E-state index contributed by atoms with van der Waals surface area (Å²) in [5.74, 6) is -0.264. The van der Waals surface area contributed by atoms with Crippen LogP contribution in [-0.4, -0.2) is 11.7 Å². The second kappa shape index (κ2) is 9.72. The summed E-state index contributed by atoms with van der Waals surface area (Å²) in [7, 11) is 0. The first-order valence-corrected chi connectivity index (χ1v) is 9.45. The summed E-state index contributed by atoms with van der Waals surface area (Å²) in [4.78, 5) is 24.2. The Labute approximate surface area is 169 Å². The van der Waals surface area contributed by atoms with Crippen LogP contribution in [0.4, 0.5) is 11.4 Å². The molecule has 0 aliphatic carbocycles. The van der Waals surface area contributed by atoms with Crippen molar-refractivity contribution in [2.45, 2.75) is 19.4 Å². The summed E-state index contributed by atoms with van der Waals surface area (Å²) in [5, 5.41) is 6.59. The molecule has 3 rings (SSSR count). The number of halogens is 1. The van der Waals surface area contributed by atoms with Crippen LogP contribution in [0.3, 0.4) is 0 Å². The van der Waals surface area contributed by atoms with Crippen molar-refractivity contribution in [3.8, 4) is 0 Å². The first-order valence-electron chi connectivity index (χ1n) is 9.07. The number of ketones is 1. The van der Waals surface area contributed by atoms with Crippen molar-refractivity contribution in [1.82, 2.24) is 0 Å². The minimum absolute atomic E-state index is 0.0470. The zero-order valence-electron chi connectivity index (χ0n) is 15.3. The highest BCUT2D eigenvalue weighted by atomic mass is 35.5. The molecule has 0 aliphatic heterocycles. The minimum atomic E-state index is -0.217. The first-order chi connectivity index (χ1) is 13.6. The van der Waals surface area contributed by atoms with Gasteiger partial charge in [-0.1, -0.05) is 72.3 Å². The molecular formula is C23H21ClN2O2. The number of anilines is 2. The highest BCUT2D eigenvalue weighted by molar-refractivity contribution is 6.33. The van der Waals surface area contributed by atoms with Gasteiger partial charge in [0.25, 0.3) is 0 Å². The Morgan fingerprint density at radius 2 is 1.50 bits per heavy atom. The van der Waals surface area contributed by atoms with Crippen molar-refractivity contribution in [2.24, 2.45) is 0 Å². The number of nitrogens with one attached hydrogen (secondary N) is 2. The third-order valence-electron chi connectivity index (χ3n) is 4.25. The Morgan fingerprint density at radius 1 is 0.821 bits per heavy atom. The van der Waals surface area contributed by atoms with E-state index in [0.717, 1.165) is 11.3 Å². The van der Waals surface area contributed by atoms with Gasteiger partial charge < -0.3 is 10.6 Å². The lowest BCUT2D eigenvalue weighted by atomic mass is 10.1. The molecule has 0 saturated heterocycles. The monoisotopic (exact) mass is 392 g/mol. The van der Waals surface area contributed by atoms with Crippen LogP contribution in [0.1, 0.15) is 28.8 Å². The fourth-order valence-electron chi connectivity index (χ4n) is 2.75. The van der Waals surface area contributed by atoms with E-state index in [1.54, 1.807) is 24.3 Å². The quantitative estimate of drug-likeness (QED) is 0.494. The molecule has 5 heteroatoms. The van der Waals surface area contributed by atoms with E-state index >= 15 is 0 Å². The van der Waals surface area contributed by atoms with Gasteiger partial charge in [0.1, 0.15) is 0 Å². The number of Topliss-reactive ketones (excluding diaryl/α,β-unsaturated/α-hetero) is 1. The Balaban J connectivity index is 1.50. The number of hydrogen-bond acceptors (Lipinski definition) is 3. The van der Waals surface area contributed by atoms with E-state index in [-0.39, 0.29) is 24.5 Å². The molecule has 0 radical (unpaired) electrons. The summed E-state index contributed by atoms with van der Waals surface area (Å²) >= 11 is 6.32. The van der Waals surface area contributed by atoms with Crippen molar-refractivity contribution < 1.29 is 9.59 Å². The maximum absolute atomic E-state index is 12.1. The van der Waals surface area contributed by atoms with Gasteiger partial charge in [-0.15, -0.1) is 0 Å². The van der Waals surface area contributed by atoms with Crippen molar-refractivity contribution >= 4 is 34.7 Å². The molecule has 0 spiro atoms. The van der Waals surface area contributed by atoms with E-state index in [2.05, 4.69) is 10.6 Å². The number of carbonyl (C=O) groups excluding carboxylic acids is 2. The summed E-state index contributed by atoms with van der Waals surface area (Å²) in [6.45, 7) is 0.661. The van der Waals surface area contributed by atoms with Crippen molar-refractivity contribution in [1.29, 1.82) is 0 Å². The Morgan fingerprint density at radius 3 is 2.18 bits per heavy atom. The molecule has 0 unspecified atom stereocenters. The number of benzene rings is 3. The van der Waals surface area contributed by atoms with E-state index in [1.807, 2.05) is 54.6 Å². The molecule has 0 fully saturated rings. The third-order valence-corrected chi connectivity index (χ3v) is 4.57. The summed E-state index contributed by atoms with van der Waals surface area (Å²) in [6.07, 6.45) is 0.291. The molecule has 0 bridgehead atoms. The van der Waals surface area contributed by atoms with Gasteiger partial charge in [0.2, 0.25) is 5.91 Å². The molecule has 3 aromatic rings. The van der Waals surface area contributed by atoms with Gasteiger partial charge in [0.05, 0.1) is 10.7 Å². The largest absolute Gasteiger partial charge is 0.380 e. The summed E-state index contributed by atoms with van der Waals surface area (Å²) in [6, 6.07) is 24.3.